The van der Waals surface area contributed by atoms with Crippen LogP contribution in [0.4, 0.5) is 0 Å². The van der Waals surface area contributed by atoms with E-state index in [4.69, 9.17) is 0 Å². The minimum atomic E-state index is 0.730. The van der Waals surface area contributed by atoms with E-state index in [9.17, 15) is 0 Å². The van der Waals surface area contributed by atoms with Crippen LogP contribution in [0.3, 0.4) is 0 Å². The highest BCUT2D eigenvalue weighted by atomic mass is 14.7. The summed E-state index contributed by atoms with van der Waals surface area (Å²) >= 11 is 0. The van der Waals surface area contributed by atoms with E-state index in [1.165, 1.54) is 5.71 Å². The van der Waals surface area contributed by atoms with E-state index in [2.05, 4.69) is 32.7 Å². The summed E-state index contributed by atoms with van der Waals surface area (Å²) in [5.74, 6) is 0.730. The highest BCUT2D eigenvalue weighted by Crippen LogP contribution is 2.00. The smallest absolute Gasteiger partial charge is 0.0388 e. The molecule has 0 unspecified atom stereocenters. The summed E-state index contributed by atoms with van der Waals surface area (Å²) in [7, 11) is 0. The molecule has 1 heteroatoms. The van der Waals surface area contributed by atoms with Crippen LogP contribution in [0.2, 0.25) is 0 Å². The predicted molar refractivity (Wildman–Crippen MR) is 47.4 cm³/mol. The zero-order chi connectivity index (χ0) is 7.98. The summed E-state index contributed by atoms with van der Waals surface area (Å²) < 4.78 is 0. The van der Waals surface area contributed by atoms with E-state index < -0.39 is 0 Å². The first kappa shape index (κ1) is 9.67. The van der Waals surface area contributed by atoms with Crippen molar-refractivity contribution < 1.29 is 0 Å². The Morgan fingerprint density at radius 2 is 2.10 bits per heavy atom. The number of aliphatic imine (C=N–C) groups is 1. The van der Waals surface area contributed by atoms with Gasteiger partial charge >= 0.3 is 0 Å². The zero-order valence-corrected chi connectivity index (χ0v) is 7.35. The molecule has 0 aliphatic heterocycles. The van der Waals surface area contributed by atoms with Gasteiger partial charge in [0, 0.05) is 12.3 Å². The van der Waals surface area contributed by atoms with Crippen LogP contribution in [-0.2, 0) is 0 Å². The summed E-state index contributed by atoms with van der Waals surface area (Å²) in [5, 5.41) is 0. The molecule has 0 aromatic rings. The third-order valence-electron chi connectivity index (χ3n) is 1.24. The van der Waals surface area contributed by atoms with Crippen LogP contribution < -0.4 is 0 Å². The Labute approximate surface area is 64.6 Å². The molecule has 0 rings (SSSR count). The van der Waals surface area contributed by atoms with Crippen molar-refractivity contribution >= 4 is 5.71 Å². The van der Waals surface area contributed by atoms with Gasteiger partial charge in [-0.1, -0.05) is 20.8 Å². The minimum Gasteiger partial charge on any atom is -0.294 e. The largest absolute Gasteiger partial charge is 0.294 e. The highest BCUT2D eigenvalue weighted by Gasteiger charge is 1.94. The van der Waals surface area contributed by atoms with Crippen LogP contribution >= 0.6 is 0 Å². The van der Waals surface area contributed by atoms with Crippen LogP contribution in [0.5, 0.6) is 0 Å². The van der Waals surface area contributed by atoms with Crippen LogP contribution in [0.1, 0.15) is 33.6 Å². The lowest BCUT2D eigenvalue weighted by Crippen LogP contribution is -1.98. The number of hydrogen-bond donors (Lipinski definition) is 0. The highest BCUT2D eigenvalue weighted by molar-refractivity contribution is 5.81. The van der Waals surface area contributed by atoms with Gasteiger partial charge in [0.25, 0.3) is 0 Å². The molecule has 0 aliphatic rings. The van der Waals surface area contributed by atoms with Gasteiger partial charge in [0.1, 0.15) is 0 Å². The second kappa shape index (κ2) is 5.45. The predicted octanol–water partition coefficient (Wildman–Crippen LogP) is 2.72. The maximum absolute atomic E-state index is 4.34. The molecule has 0 saturated heterocycles. The van der Waals surface area contributed by atoms with Gasteiger partial charge in [0.2, 0.25) is 0 Å². The Balaban J connectivity index is 3.49. The van der Waals surface area contributed by atoms with Gasteiger partial charge in [-0.2, -0.15) is 0 Å². The van der Waals surface area contributed by atoms with E-state index in [1.54, 1.807) is 0 Å². The van der Waals surface area contributed by atoms with Crippen LogP contribution in [0.25, 0.3) is 0 Å². The average molecular weight is 140 g/mol. The van der Waals surface area contributed by atoms with Gasteiger partial charge in [-0.15, -0.1) is 0 Å². The Morgan fingerprint density at radius 1 is 1.50 bits per heavy atom. The molecule has 10 heavy (non-hydrogen) atoms. The van der Waals surface area contributed by atoms with Crippen LogP contribution in [0, 0.1) is 12.8 Å². The van der Waals surface area contributed by atoms with Crippen molar-refractivity contribution in [2.24, 2.45) is 10.9 Å². The first-order valence-electron chi connectivity index (χ1n) is 3.96. The summed E-state index contributed by atoms with van der Waals surface area (Å²) in [6.07, 6.45) is 2.04. The normalized spacial score (nSPS) is 12.7. The lowest BCUT2D eigenvalue weighted by Gasteiger charge is -2.02. The maximum atomic E-state index is 4.34. The van der Waals surface area contributed by atoms with Gasteiger partial charge in [-0.05, 0) is 25.7 Å². The summed E-state index contributed by atoms with van der Waals surface area (Å²) in [5.41, 5.74) is 1.26. The second-order valence-corrected chi connectivity index (χ2v) is 3.07. The van der Waals surface area contributed by atoms with Crippen molar-refractivity contribution in [2.45, 2.75) is 33.6 Å². The van der Waals surface area contributed by atoms with Crippen LogP contribution in [0.15, 0.2) is 4.99 Å². The molecular formula is C9H18N. The molecule has 0 aliphatic carbocycles. The van der Waals surface area contributed by atoms with E-state index in [0.29, 0.717) is 0 Å². The molecule has 0 aromatic heterocycles. The molecule has 0 aromatic carbocycles. The summed E-state index contributed by atoms with van der Waals surface area (Å²) in [6.45, 7) is 11.1. The Bertz CT molecular complexity index is 103. The molecule has 0 atom stereocenters. The Hall–Kier alpha value is -0.330. The first-order chi connectivity index (χ1) is 4.66. The first-order valence-corrected chi connectivity index (χ1v) is 3.96. The van der Waals surface area contributed by atoms with Crippen molar-refractivity contribution in [1.82, 2.24) is 0 Å². The molecular weight excluding hydrogens is 122 g/mol. The molecule has 0 heterocycles. The topological polar surface area (TPSA) is 12.4 Å². The Morgan fingerprint density at radius 3 is 2.50 bits per heavy atom. The van der Waals surface area contributed by atoms with Crippen LogP contribution in [-0.4, -0.2) is 12.3 Å². The fourth-order valence-electron chi connectivity index (χ4n) is 0.925. The molecule has 0 amide bonds. The molecule has 0 spiro atoms. The molecule has 0 bridgehead atoms. The molecule has 1 nitrogen and oxygen atoms in total. The second-order valence-electron chi connectivity index (χ2n) is 3.07. The molecule has 0 saturated carbocycles. The fourth-order valence-corrected chi connectivity index (χ4v) is 0.925. The molecule has 0 fully saturated rings. The monoisotopic (exact) mass is 140 g/mol. The van der Waals surface area contributed by atoms with E-state index >= 15 is 0 Å². The molecule has 0 N–H and O–H groups in total. The SMILES string of the molecule is [CH2]CCN=C(C)CC(C)C. The van der Waals surface area contributed by atoms with Crippen molar-refractivity contribution in [3.63, 3.8) is 0 Å². The van der Waals surface area contributed by atoms with Gasteiger partial charge in [0.05, 0.1) is 0 Å². The minimum absolute atomic E-state index is 0.730. The van der Waals surface area contributed by atoms with Gasteiger partial charge in [-0.25, -0.2) is 0 Å². The standard InChI is InChI=1S/C9H18N/c1-5-6-10-9(4)7-8(2)3/h8H,1,5-7H2,2-4H3. The van der Waals surface area contributed by atoms with E-state index in [1.807, 2.05) is 0 Å². The number of nitrogens with zero attached hydrogens (tertiary/aromatic N) is 1. The van der Waals surface area contributed by atoms with E-state index in [0.717, 1.165) is 25.3 Å². The molecule has 59 valence electrons. The molecule has 1 radical (unpaired) electrons. The maximum Gasteiger partial charge on any atom is 0.0388 e. The third kappa shape index (κ3) is 5.80. The average Bonchev–Trinajstić information content (AvgIpc) is 1.82. The quantitative estimate of drug-likeness (QED) is 0.532. The number of rotatable bonds is 4. The van der Waals surface area contributed by atoms with Crippen molar-refractivity contribution in [3.05, 3.63) is 6.92 Å². The zero-order valence-electron chi connectivity index (χ0n) is 7.35. The summed E-state index contributed by atoms with van der Waals surface area (Å²) in [4.78, 5) is 4.34. The van der Waals surface area contributed by atoms with Gasteiger partial charge in [-0.3, -0.25) is 4.99 Å². The van der Waals surface area contributed by atoms with Gasteiger partial charge in [0.15, 0.2) is 0 Å². The fraction of sp³-hybridized carbons (Fsp3) is 0.778. The van der Waals surface area contributed by atoms with Gasteiger partial charge < -0.3 is 0 Å². The van der Waals surface area contributed by atoms with Crippen molar-refractivity contribution in [2.75, 3.05) is 6.54 Å². The summed E-state index contributed by atoms with van der Waals surface area (Å²) in [6, 6.07) is 0. The van der Waals surface area contributed by atoms with Crippen molar-refractivity contribution in [1.29, 1.82) is 0 Å². The van der Waals surface area contributed by atoms with Crippen molar-refractivity contribution in [3.8, 4) is 0 Å². The lowest BCUT2D eigenvalue weighted by molar-refractivity contribution is 0.680. The third-order valence-corrected chi connectivity index (χ3v) is 1.24. The number of hydrogen-bond acceptors (Lipinski definition) is 1. The Kier molecular flexibility index (Phi) is 5.27. The lowest BCUT2D eigenvalue weighted by atomic mass is 10.1. The van der Waals surface area contributed by atoms with E-state index in [-0.39, 0.29) is 0 Å².